The lowest BCUT2D eigenvalue weighted by atomic mass is 9.96. The molecule has 0 radical (unpaired) electrons. The molecule has 3 atom stereocenters. The average Bonchev–Trinajstić information content (AvgIpc) is 3.24. The molecule has 2 fully saturated rings. The molecule has 0 spiro atoms. The predicted molar refractivity (Wildman–Crippen MR) is 83.2 cm³/mol. The van der Waals surface area contributed by atoms with Crippen LogP contribution in [0.25, 0.3) is 11.5 Å². The zero-order valence-electron chi connectivity index (χ0n) is 12.0. The first-order valence-electron chi connectivity index (χ1n) is 7.60. The summed E-state index contributed by atoms with van der Waals surface area (Å²) >= 11 is 1.04. The van der Waals surface area contributed by atoms with Crippen molar-refractivity contribution >= 4 is 17.0 Å². The van der Waals surface area contributed by atoms with Crippen LogP contribution in [-0.4, -0.2) is 31.4 Å². The Morgan fingerprint density at radius 3 is 3.00 bits per heavy atom. The fourth-order valence-corrected chi connectivity index (χ4v) is 4.20. The van der Waals surface area contributed by atoms with Crippen LogP contribution in [0.3, 0.4) is 0 Å². The summed E-state index contributed by atoms with van der Waals surface area (Å²) in [6.07, 6.45) is 6.69. The molecule has 22 heavy (non-hydrogen) atoms. The van der Waals surface area contributed by atoms with Crippen molar-refractivity contribution in [3.63, 3.8) is 0 Å². The number of fused-ring (bicyclic) bond motifs is 2. The summed E-state index contributed by atoms with van der Waals surface area (Å²) in [5.74, 6) is 2.07. The van der Waals surface area contributed by atoms with E-state index in [0.29, 0.717) is 22.9 Å². The number of thioether (sulfide) groups is 1. The molecule has 2 aliphatic carbocycles. The SMILES string of the molecule is O=C(N[C@H]1C[C@H]2CC[C@H]1C2)Sc1n[nH]c(-c2ccccn2)n1. The summed E-state index contributed by atoms with van der Waals surface area (Å²) in [4.78, 5) is 20.7. The van der Waals surface area contributed by atoms with E-state index in [-0.39, 0.29) is 5.24 Å². The molecule has 2 aromatic heterocycles. The lowest BCUT2D eigenvalue weighted by Crippen LogP contribution is -2.36. The summed E-state index contributed by atoms with van der Waals surface area (Å²) in [6.45, 7) is 0. The Kier molecular flexibility index (Phi) is 3.57. The molecule has 1 amide bonds. The number of nitrogens with one attached hydrogen (secondary N) is 2. The van der Waals surface area contributed by atoms with Crippen LogP contribution < -0.4 is 5.32 Å². The topological polar surface area (TPSA) is 83.6 Å². The van der Waals surface area contributed by atoms with Crippen LogP contribution in [0.15, 0.2) is 29.6 Å². The second kappa shape index (κ2) is 5.72. The van der Waals surface area contributed by atoms with Crippen molar-refractivity contribution in [2.45, 2.75) is 36.9 Å². The monoisotopic (exact) mass is 315 g/mol. The van der Waals surface area contributed by atoms with Gasteiger partial charge in [-0.1, -0.05) is 12.5 Å². The first kappa shape index (κ1) is 13.8. The Bertz CT molecular complexity index is 674. The third-order valence-corrected chi connectivity index (χ3v) is 5.27. The van der Waals surface area contributed by atoms with Gasteiger partial charge in [-0.15, -0.1) is 5.10 Å². The highest BCUT2D eigenvalue weighted by Gasteiger charge is 2.40. The molecule has 2 N–H and O–H groups in total. The largest absolute Gasteiger partial charge is 0.344 e. The zero-order chi connectivity index (χ0) is 14.9. The van der Waals surface area contributed by atoms with Crippen LogP contribution in [0.1, 0.15) is 25.7 Å². The van der Waals surface area contributed by atoms with E-state index in [2.05, 4.69) is 25.5 Å². The van der Waals surface area contributed by atoms with Gasteiger partial charge in [-0.2, -0.15) is 4.98 Å². The van der Waals surface area contributed by atoms with Gasteiger partial charge in [0, 0.05) is 24.0 Å². The van der Waals surface area contributed by atoms with Gasteiger partial charge in [-0.05, 0) is 43.2 Å². The summed E-state index contributed by atoms with van der Waals surface area (Å²) < 4.78 is 0. The number of aromatic amines is 1. The maximum Gasteiger partial charge on any atom is 0.287 e. The maximum atomic E-state index is 12.1. The van der Waals surface area contributed by atoms with Crippen LogP contribution in [-0.2, 0) is 0 Å². The minimum absolute atomic E-state index is 0.0656. The van der Waals surface area contributed by atoms with Crippen LogP contribution in [0, 0.1) is 11.8 Å². The molecule has 2 bridgehead atoms. The molecule has 6 nitrogen and oxygen atoms in total. The van der Waals surface area contributed by atoms with E-state index in [9.17, 15) is 4.79 Å². The first-order chi connectivity index (χ1) is 10.8. The number of hydrogen-bond donors (Lipinski definition) is 2. The number of carbonyl (C=O) groups excluding carboxylic acids is 1. The molecule has 7 heteroatoms. The van der Waals surface area contributed by atoms with E-state index in [1.807, 2.05) is 18.2 Å². The number of nitrogens with zero attached hydrogens (tertiary/aromatic N) is 3. The van der Waals surface area contributed by atoms with Crippen LogP contribution in [0.2, 0.25) is 0 Å². The molecular formula is C15H17N5OS. The zero-order valence-corrected chi connectivity index (χ0v) is 12.8. The van der Waals surface area contributed by atoms with E-state index in [1.54, 1.807) is 6.20 Å². The van der Waals surface area contributed by atoms with Gasteiger partial charge in [0.05, 0.1) is 0 Å². The smallest absolute Gasteiger partial charge is 0.287 e. The Morgan fingerprint density at radius 1 is 1.32 bits per heavy atom. The third-order valence-electron chi connectivity index (χ3n) is 4.60. The van der Waals surface area contributed by atoms with E-state index in [0.717, 1.165) is 29.8 Å². The number of rotatable bonds is 3. The van der Waals surface area contributed by atoms with Crippen LogP contribution >= 0.6 is 11.8 Å². The lowest BCUT2D eigenvalue weighted by Gasteiger charge is -2.22. The Balaban J connectivity index is 1.37. The fraction of sp³-hybridized carbons (Fsp3) is 0.467. The van der Waals surface area contributed by atoms with Crippen molar-refractivity contribution in [1.29, 1.82) is 0 Å². The van der Waals surface area contributed by atoms with Gasteiger partial charge < -0.3 is 5.32 Å². The van der Waals surface area contributed by atoms with Gasteiger partial charge in [0.1, 0.15) is 5.69 Å². The summed E-state index contributed by atoms with van der Waals surface area (Å²) in [5, 5.41) is 10.4. The van der Waals surface area contributed by atoms with Gasteiger partial charge in [-0.3, -0.25) is 14.9 Å². The molecule has 2 aliphatic rings. The molecule has 114 valence electrons. The minimum Gasteiger partial charge on any atom is -0.344 e. The molecule has 2 heterocycles. The fourth-order valence-electron chi connectivity index (χ4n) is 3.59. The van der Waals surface area contributed by atoms with Gasteiger partial charge in [0.2, 0.25) is 5.16 Å². The number of amides is 1. The molecule has 4 rings (SSSR count). The molecule has 2 aromatic rings. The standard InChI is InChI=1S/C15H17N5OS/c21-15(17-12-8-9-4-5-10(12)7-9)22-14-18-13(19-20-14)11-3-1-2-6-16-11/h1-3,6,9-10,12H,4-5,7-8H2,(H,17,21)(H,18,19,20)/t9-,10-,12-/m0/s1. The molecule has 0 aliphatic heterocycles. The Labute approximate surface area is 132 Å². The molecule has 0 unspecified atom stereocenters. The number of pyridine rings is 1. The van der Waals surface area contributed by atoms with Crippen molar-refractivity contribution in [3.8, 4) is 11.5 Å². The van der Waals surface area contributed by atoms with E-state index < -0.39 is 0 Å². The van der Waals surface area contributed by atoms with Crippen molar-refractivity contribution in [3.05, 3.63) is 24.4 Å². The number of hydrogen-bond acceptors (Lipinski definition) is 5. The summed E-state index contributed by atoms with van der Waals surface area (Å²) in [7, 11) is 0. The second-order valence-corrected chi connectivity index (χ2v) is 6.94. The summed E-state index contributed by atoms with van der Waals surface area (Å²) in [5.41, 5.74) is 0.718. The minimum atomic E-state index is -0.0656. The normalized spacial score (nSPS) is 26.3. The van der Waals surface area contributed by atoms with E-state index >= 15 is 0 Å². The van der Waals surface area contributed by atoms with Gasteiger partial charge in [0.25, 0.3) is 5.24 Å². The molecule has 0 saturated heterocycles. The van der Waals surface area contributed by atoms with Gasteiger partial charge in [-0.25, -0.2) is 0 Å². The van der Waals surface area contributed by atoms with Crippen molar-refractivity contribution in [2.75, 3.05) is 0 Å². The van der Waals surface area contributed by atoms with E-state index in [4.69, 9.17) is 0 Å². The maximum absolute atomic E-state index is 12.1. The first-order valence-corrected chi connectivity index (χ1v) is 8.42. The van der Waals surface area contributed by atoms with Crippen LogP contribution in [0.4, 0.5) is 4.79 Å². The predicted octanol–water partition coefficient (Wildman–Crippen LogP) is 2.86. The number of aromatic nitrogens is 4. The highest BCUT2D eigenvalue weighted by molar-refractivity contribution is 8.13. The highest BCUT2D eigenvalue weighted by atomic mass is 32.2. The average molecular weight is 315 g/mol. The molecular weight excluding hydrogens is 298 g/mol. The summed E-state index contributed by atoms with van der Waals surface area (Å²) in [6, 6.07) is 5.93. The highest BCUT2D eigenvalue weighted by Crippen LogP contribution is 2.44. The van der Waals surface area contributed by atoms with Crippen molar-refractivity contribution in [1.82, 2.24) is 25.5 Å². The second-order valence-electron chi connectivity index (χ2n) is 6.00. The van der Waals surface area contributed by atoms with Gasteiger partial charge in [0.15, 0.2) is 5.82 Å². The van der Waals surface area contributed by atoms with Crippen molar-refractivity contribution in [2.24, 2.45) is 11.8 Å². The van der Waals surface area contributed by atoms with Gasteiger partial charge >= 0.3 is 0 Å². The number of carbonyl (C=O) groups is 1. The third kappa shape index (κ3) is 2.72. The van der Waals surface area contributed by atoms with E-state index in [1.165, 1.54) is 19.3 Å². The quantitative estimate of drug-likeness (QED) is 0.851. The lowest BCUT2D eigenvalue weighted by molar-refractivity contribution is 0.251. The molecule has 0 aromatic carbocycles. The van der Waals surface area contributed by atoms with Crippen molar-refractivity contribution < 1.29 is 4.79 Å². The Morgan fingerprint density at radius 2 is 2.27 bits per heavy atom. The Hall–Kier alpha value is -1.89. The molecule has 2 saturated carbocycles. The van der Waals surface area contributed by atoms with Crippen LogP contribution in [0.5, 0.6) is 0 Å². The number of H-pyrrole nitrogens is 1.